The van der Waals surface area contributed by atoms with E-state index in [0.29, 0.717) is 5.56 Å². The topological polar surface area (TPSA) is 108 Å². The van der Waals surface area contributed by atoms with Crippen LogP contribution in [-0.4, -0.2) is 51.4 Å². The highest BCUT2D eigenvalue weighted by molar-refractivity contribution is 7.80. The van der Waals surface area contributed by atoms with E-state index in [4.69, 9.17) is 11.2 Å². The fraction of sp³-hybridized carbons (Fsp3) is 0.542. The lowest BCUT2D eigenvalue weighted by molar-refractivity contribution is -0.138. The molecule has 0 radical (unpaired) electrons. The van der Waals surface area contributed by atoms with Gasteiger partial charge in [0.25, 0.3) is 5.91 Å². The van der Waals surface area contributed by atoms with Gasteiger partial charge in [-0.3, -0.25) is 14.5 Å². The third-order valence-electron chi connectivity index (χ3n) is 4.73. The van der Waals surface area contributed by atoms with Crippen LogP contribution in [0.3, 0.4) is 0 Å². The second-order valence-electron chi connectivity index (χ2n) is 8.83. The fourth-order valence-electron chi connectivity index (χ4n) is 3.20. The number of aromatic hydroxyl groups is 1. The van der Waals surface area contributed by atoms with Crippen molar-refractivity contribution in [2.75, 3.05) is 5.75 Å². The minimum atomic E-state index is -1.32. The van der Waals surface area contributed by atoms with Crippen molar-refractivity contribution in [2.45, 2.75) is 78.1 Å². The standard InChI is InChI=1S/C24H35N3O5S/c1-8-11-16(4)25-21(29)19(17-13-10-12-15(3)20(17)28)27(9-2)22(30)18(14-33)26-23(31)32-24(5,6)7/h2,10,12-13,16,18-19,28,33H,8,11,14H2,1,3-7H3,(H,25,29)(H,26,31). The molecule has 8 nitrogen and oxygen atoms in total. The first-order chi connectivity index (χ1) is 15.4. The molecule has 0 fully saturated rings. The van der Waals surface area contributed by atoms with Gasteiger partial charge in [-0.25, -0.2) is 4.79 Å². The lowest BCUT2D eigenvalue weighted by Crippen LogP contribution is -2.52. The molecule has 33 heavy (non-hydrogen) atoms. The molecular formula is C24H35N3O5S. The van der Waals surface area contributed by atoms with Gasteiger partial charge in [0.2, 0.25) is 5.91 Å². The highest BCUT2D eigenvalue weighted by atomic mass is 32.1. The summed E-state index contributed by atoms with van der Waals surface area (Å²) in [5.41, 5.74) is -0.0720. The van der Waals surface area contributed by atoms with Crippen molar-refractivity contribution in [2.24, 2.45) is 0 Å². The molecule has 3 N–H and O–H groups in total. The summed E-state index contributed by atoms with van der Waals surface area (Å²) in [6, 6.07) is 4.48. The van der Waals surface area contributed by atoms with Gasteiger partial charge < -0.3 is 20.5 Å². The second-order valence-corrected chi connectivity index (χ2v) is 9.20. The smallest absolute Gasteiger partial charge is 0.408 e. The Labute approximate surface area is 201 Å². The van der Waals surface area contributed by atoms with Gasteiger partial charge in [-0.1, -0.05) is 38.0 Å². The average molecular weight is 478 g/mol. The zero-order valence-electron chi connectivity index (χ0n) is 20.1. The number of phenolic OH excluding ortho intramolecular Hbond substituents is 1. The molecule has 182 valence electrons. The number of rotatable bonds is 9. The van der Waals surface area contributed by atoms with Crippen molar-refractivity contribution < 1.29 is 24.2 Å². The molecule has 0 spiro atoms. The highest BCUT2D eigenvalue weighted by Crippen LogP contribution is 2.32. The monoisotopic (exact) mass is 477 g/mol. The van der Waals surface area contributed by atoms with Crippen LogP contribution in [0.15, 0.2) is 18.2 Å². The summed E-state index contributed by atoms with van der Waals surface area (Å²) in [6.45, 7) is 10.6. The van der Waals surface area contributed by atoms with E-state index in [1.807, 2.05) is 13.8 Å². The van der Waals surface area contributed by atoms with Crippen LogP contribution in [0, 0.1) is 19.4 Å². The van der Waals surface area contributed by atoms with Crippen LogP contribution in [0.4, 0.5) is 4.79 Å². The Hall–Kier alpha value is -2.86. The fourth-order valence-corrected chi connectivity index (χ4v) is 3.44. The van der Waals surface area contributed by atoms with Crippen LogP contribution in [0.1, 0.15) is 64.6 Å². The van der Waals surface area contributed by atoms with E-state index < -0.39 is 35.6 Å². The first-order valence-corrected chi connectivity index (χ1v) is 11.5. The maximum absolute atomic E-state index is 13.3. The number of hydrogen-bond donors (Lipinski definition) is 4. The SMILES string of the molecule is C#CN(C(=O)C(CS)NC(=O)OC(C)(C)C)C(C(=O)NC(C)CCC)c1cccc(C)c1O. The first kappa shape index (κ1) is 28.2. The lowest BCUT2D eigenvalue weighted by atomic mass is 9.99. The Morgan fingerprint density at radius 1 is 1.27 bits per heavy atom. The van der Waals surface area contributed by atoms with Crippen molar-refractivity contribution in [1.82, 2.24) is 15.5 Å². The zero-order chi connectivity index (χ0) is 25.3. The van der Waals surface area contributed by atoms with Crippen molar-refractivity contribution in [3.8, 4) is 18.2 Å². The van der Waals surface area contributed by atoms with Crippen LogP contribution in [0.2, 0.25) is 0 Å². The molecule has 0 aliphatic carbocycles. The van der Waals surface area contributed by atoms with Gasteiger partial charge in [0.05, 0.1) is 0 Å². The molecule has 1 rings (SSSR count). The molecule has 3 atom stereocenters. The maximum atomic E-state index is 13.3. The quantitative estimate of drug-likeness (QED) is 0.248. The molecule has 0 heterocycles. The Kier molecular flexibility index (Phi) is 10.6. The zero-order valence-corrected chi connectivity index (χ0v) is 21.0. The van der Waals surface area contributed by atoms with E-state index in [1.165, 1.54) is 6.07 Å². The van der Waals surface area contributed by atoms with Crippen molar-refractivity contribution in [3.05, 3.63) is 29.3 Å². The maximum Gasteiger partial charge on any atom is 0.408 e. The number of benzene rings is 1. The number of para-hydroxylation sites is 1. The Morgan fingerprint density at radius 3 is 2.42 bits per heavy atom. The van der Waals surface area contributed by atoms with E-state index in [0.717, 1.165) is 17.7 Å². The summed E-state index contributed by atoms with van der Waals surface area (Å²) >= 11 is 4.17. The average Bonchev–Trinajstić information content (AvgIpc) is 2.70. The van der Waals surface area contributed by atoms with Crippen LogP contribution < -0.4 is 10.6 Å². The van der Waals surface area contributed by atoms with Gasteiger partial charge in [0.1, 0.15) is 17.4 Å². The Bertz CT molecular complexity index is 891. The number of thiol groups is 1. The summed E-state index contributed by atoms with van der Waals surface area (Å²) < 4.78 is 5.21. The lowest BCUT2D eigenvalue weighted by Gasteiger charge is -2.31. The van der Waals surface area contributed by atoms with E-state index in [-0.39, 0.29) is 23.1 Å². The Balaban J connectivity index is 3.36. The molecule has 3 amide bonds. The number of carbonyl (C=O) groups is 3. The molecule has 0 aliphatic heterocycles. The molecule has 3 unspecified atom stereocenters. The molecule has 0 saturated carbocycles. The number of carbonyl (C=O) groups excluding carboxylic acids is 3. The third kappa shape index (κ3) is 8.21. The van der Waals surface area contributed by atoms with Gasteiger partial charge in [-0.2, -0.15) is 12.6 Å². The van der Waals surface area contributed by atoms with Gasteiger partial charge in [0, 0.05) is 23.4 Å². The van der Waals surface area contributed by atoms with Crippen molar-refractivity contribution in [1.29, 1.82) is 0 Å². The van der Waals surface area contributed by atoms with Crippen molar-refractivity contribution in [3.63, 3.8) is 0 Å². The summed E-state index contributed by atoms with van der Waals surface area (Å²) in [5, 5.41) is 16.0. The molecule has 9 heteroatoms. The number of nitrogens with one attached hydrogen (secondary N) is 2. The number of ether oxygens (including phenoxy) is 1. The number of amides is 3. The molecule has 0 aliphatic rings. The number of hydrogen-bond acceptors (Lipinski definition) is 6. The van der Waals surface area contributed by atoms with E-state index in [2.05, 4.69) is 29.3 Å². The van der Waals surface area contributed by atoms with Crippen LogP contribution in [-0.2, 0) is 14.3 Å². The summed E-state index contributed by atoms with van der Waals surface area (Å²) in [7, 11) is 0. The minimum absolute atomic E-state index is 0.0867. The predicted octanol–water partition coefficient (Wildman–Crippen LogP) is 3.29. The molecular weight excluding hydrogens is 442 g/mol. The van der Waals surface area contributed by atoms with Gasteiger partial charge in [0.15, 0.2) is 6.04 Å². The van der Waals surface area contributed by atoms with E-state index in [9.17, 15) is 19.5 Å². The van der Waals surface area contributed by atoms with Gasteiger partial charge in [-0.05, 0) is 46.6 Å². The van der Waals surface area contributed by atoms with Crippen molar-refractivity contribution >= 4 is 30.5 Å². The normalized spacial score (nSPS) is 13.8. The Morgan fingerprint density at radius 2 is 1.91 bits per heavy atom. The first-order valence-electron chi connectivity index (χ1n) is 10.8. The molecule has 1 aromatic carbocycles. The number of phenols is 1. The predicted molar refractivity (Wildman–Crippen MR) is 131 cm³/mol. The van der Waals surface area contributed by atoms with Crippen LogP contribution in [0.5, 0.6) is 5.75 Å². The van der Waals surface area contributed by atoms with Crippen LogP contribution in [0.25, 0.3) is 0 Å². The minimum Gasteiger partial charge on any atom is -0.507 e. The van der Waals surface area contributed by atoms with Crippen LogP contribution >= 0.6 is 12.6 Å². The van der Waals surface area contributed by atoms with Gasteiger partial charge >= 0.3 is 6.09 Å². The largest absolute Gasteiger partial charge is 0.507 e. The number of alkyl carbamates (subject to hydrolysis) is 1. The molecule has 1 aromatic rings. The molecule has 0 aromatic heterocycles. The number of aryl methyl sites for hydroxylation is 1. The highest BCUT2D eigenvalue weighted by Gasteiger charge is 2.37. The van der Waals surface area contributed by atoms with Gasteiger partial charge in [-0.15, -0.1) is 0 Å². The summed E-state index contributed by atoms with van der Waals surface area (Å²) in [4.78, 5) is 39.7. The summed E-state index contributed by atoms with van der Waals surface area (Å²) in [5.74, 6) is -1.51. The summed E-state index contributed by atoms with van der Waals surface area (Å²) in [6.07, 6.45) is 6.43. The van der Waals surface area contributed by atoms with E-state index in [1.54, 1.807) is 39.8 Å². The second kappa shape index (κ2) is 12.4. The molecule has 0 bridgehead atoms. The van der Waals surface area contributed by atoms with E-state index >= 15 is 0 Å². The number of terminal acetylenes is 1. The number of nitrogens with zero attached hydrogens (tertiary/aromatic N) is 1. The third-order valence-corrected chi connectivity index (χ3v) is 5.09. The molecule has 0 saturated heterocycles.